The van der Waals surface area contributed by atoms with Crippen molar-refractivity contribution in [1.29, 1.82) is 5.26 Å². The van der Waals surface area contributed by atoms with Gasteiger partial charge in [0.15, 0.2) is 0 Å². The fourth-order valence-corrected chi connectivity index (χ4v) is 2.13. The molecule has 3 heteroatoms. The standard InChI is InChI=1S/C18H20N2O/c1-13-5-4-6-14(17(13)21)11-20-16-9-7-15(8-10-16)18(2,3)12-19/h4-10,20-21H,11H2,1-3H3. The van der Waals surface area contributed by atoms with Crippen LogP contribution in [0.3, 0.4) is 0 Å². The quantitative estimate of drug-likeness (QED) is 0.886. The van der Waals surface area contributed by atoms with E-state index >= 15 is 0 Å². The van der Waals surface area contributed by atoms with E-state index in [1.165, 1.54) is 0 Å². The molecule has 2 rings (SSSR count). The maximum Gasteiger partial charge on any atom is 0.123 e. The molecule has 0 saturated heterocycles. The van der Waals surface area contributed by atoms with Gasteiger partial charge in [-0.3, -0.25) is 0 Å². The molecule has 0 fully saturated rings. The van der Waals surface area contributed by atoms with Crippen molar-refractivity contribution in [3.8, 4) is 11.8 Å². The van der Waals surface area contributed by atoms with E-state index in [0.29, 0.717) is 12.3 Å². The van der Waals surface area contributed by atoms with Crippen molar-refractivity contribution in [2.45, 2.75) is 32.7 Å². The lowest BCUT2D eigenvalue weighted by atomic mass is 9.86. The maximum absolute atomic E-state index is 9.98. The van der Waals surface area contributed by atoms with Gasteiger partial charge in [0.25, 0.3) is 0 Å². The third-order valence-corrected chi connectivity index (χ3v) is 3.69. The number of aromatic hydroxyl groups is 1. The van der Waals surface area contributed by atoms with Crippen LogP contribution in [0, 0.1) is 18.3 Å². The molecule has 108 valence electrons. The van der Waals surface area contributed by atoms with Crippen LogP contribution in [0.2, 0.25) is 0 Å². The third-order valence-electron chi connectivity index (χ3n) is 3.69. The number of hydrogen-bond donors (Lipinski definition) is 2. The zero-order chi connectivity index (χ0) is 15.5. The molecule has 0 heterocycles. The molecule has 3 nitrogen and oxygen atoms in total. The second-order valence-electron chi connectivity index (χ2n) is 5.75. The summed E-state index contributed by atoms with van der Waals surface area (Å²) in [6, 6.07) is 15.9. The van der Waals surface area contributed by atoms with E-state index in [4.69, 9.17) is 5.26 Å². The summed E-state index contributed by atoms with van der Waals surface area (Å²) in [5.74, 6) is 0.340. The highest BCUT2D eigenvalue weighted by Crippen LogP contribution is 2.25. The summed E-state index contributed by atoms with van der Waals surface area (Å²) in [5.41, 5.74) is 3.23. The Kier molecular flexibility index (Phi) is 4.18. The van der Waals surface area contributed by atoms with Crippen molar-refractivity contribution in [2.24, 2.45) is 0 Å². The molecule has 2 N–H and O–H groups in total. The van der Waals surface area contributed by atoms with Gasteiger partial charge in [0, 0.05) is 17.8 Å². The number of nitrogens with zero attached hydrogens (tertiary/aromatic N) is 1. The van der Waals surface area contributed by atoms with Gasteiger partial charge in [-0.05, 0) is 44.0 Å². The first-order valence-corrected chi connectivity index (χ1v) is 6.97. The summed E-state index contributed by atoms with van der Waals surface area (Å²) in [6.07, 6.45) is 0. The van der Waals surface area contributed by atoms with Gasteiger partial charge >= 0.3 is 0 Å². The van der Waals surface area contributed by atoms with Crippen LogP contribution in [-0.4, -0.2) is 5.11 Å². The minimum Gasteiger partial charge on any atom is -0.507 e. The summed E-state index contributed by atoms with van der Waals surface area (Å²) in [6.45, 7) is 6.26. The number of phenols is 1. The molecule has 0 aliphatic heterocycles. The zero-order valence-corrected chi connectivity index (χ0v) is 12.6. The van der Waals surface area contributed by atoms with Crippen molar-refractivity contribution in [1.82, 2.24) is 0 Å². The highest BCUT2D eigenvalue weighted by atomic mass is 16.3. The van der Waals surface area contributed by atoms with E-state index in [2.05, 4.69) is 11.4 Å². The van der Waals surface area contributed by atoms with Crippen molar-refractivity contribution in [2.75, 3.05) is 5.32 Å². The van der Waals surface area contributed by atoms with E-state index in [-0.39, 0.29) is 0 Å². The number of anilines is 1. The lowest BCUT2D eigenvalue weighted by molar-refractivity contribution is 0.465. The number of para-hydroxylation sites is 1. The van der Waals surface area contributed by atoms with E-state index in [0.717, 1.165) is 22.4 Å². The van der Waals surface area contributed by atoms with Crippen LogP contribution >= 0.6 is 0 Å². The second-order valence-corrected chi connectivity index (χ2v) is 5.75. The van der Waals surface area contributed by atoms with Crippen LogP contribution in [-0.2, 0) is 12.0 Å². The van der Waals surface area contributed by atoms with E-state index in [1.54, 1.807) is 0 Å². The predicted molar refractivity (Wildman–Crippen MR) is 85.3 cm³/mol. The van der Waals surface area contributed by atoms with Crippen LogP contribution in [0.25, 0.3) is 0 Å². The number of hydrogen-bond acceptors (Lipinski definition) is 3. The summed E-state index contributed by atoms with van der Waals surface area (Å²) in [5, 5.41) is 22.4. The number of aryl methyl sites for hydroxylation is 1. The molecule has 0 atom stereocenters. The molecule has 0 unspecified atom stereocenters. The Balaban J connectivity index is 2.08. The van der Waals surface area contributed by atoms with Gasteiger partial charge in [-0.25, -0.2) is 0 Å². The average Bonchev–Trinajstić information content (AvgIpc) is 2.49. The van der Waals surface area contributed by atoms with Gasteiger partial charge in [0.1, 0.15) is 5.75 Å². The van der Waals surface area contributed by atoms with E-state index in [1.807, 2.05) is 63.2 Å². The number of rotatable bonds is 4. The normalized spacial score (nSPS) is 11.0. The van der Waals surface area contributed by atoms with Gasteiger partial charge < -0.3 is 10.4 Å². The number of phenolic OH excluding ortho intramolecular Hbond substituents is 1. The first-order chi connectivity index (χ1) is 9.94. The van der Waals surface area contributed by atoms with Gasteiger partial charge in [0.2, 0.25) is 0 Å². The lowest BCUT2D eigenvalue weighted by Gasteiger charge is -2.16. The molecule has 0 bridgehead atoms. The predicted octanol–water partition coefficient (Wildman–Crippen LogP) is 4.11. The summed E-state index contributed by atoms with van der Waals surface area (Å²) < 4.78 is 0. The average molecular weight is 280 g/mol. The molecule has 21 heavy (non-hydrogen) atoms. The molecule has 0 aliphatic rings. The molecule has 2 aromatic carbocycles. The summed E-state index contributed by atoms with van der Waals surface area (Å²) in [4.78, 5) is 0. The first-order valence-electron chi connectivity index (χ1n) is 6.97. The highest BCUT2D eigenvalue weighted by molar-refractivity contribution is 5.49. The fraction of sp³-hybridized carbons (Fsp3) is 0.278. The Morgan fingerprint density at radius 1 is 1.14 bits per heavy atom. The largest absolute Gasteiger partial charge is 0.507 e. The highest BCUT2D eigenvalue weighted by Gasteiger charge is 2.19. The lowest BCUT2D eigenvalue weighted by Crippen LogP contribution is -2.13. The Morgan fingerprint density at radius 2 is 1.81 bits per heavy atom. The van der Waals surface area contributed by atoms with Crippen molar-refractivity contribution in [3.05, 3.63) is 59.2 Å². The van der Waals surface area contributed by atoms with Crippen molar-refractivity contribution >= 4 is 5.69 Å². The number of nitriles is 1. The third kappa shape index (κ3) is 3.35. The molecular formula is C18H20N2O. The summed E-state index contributed by atoms with van der Waals surface area (Å²) >= 11 is 0. The molecule has 0 radical (unpaired) electrons. The van der Waals surface area contributed by atoms with Gasteiger partial charge in [-0.15, -0.1) is 0 Å². The maximum atomic E-state index is 9.98. The van der Waals surface area contributed by atoms with E-state index in [9.17, 15) is 5.11 Å². The van der Waals surface area contributed by atoms with Crippen LogP contribution in [0.4, 0.5) is 5.69 Å². The van der Waals surface area contributed by atoms with Gasteiger partial charge in [-0.1, -0.05) is 30.3 Å². The SMILES string of the molecule is Cc1cccc(CNc2ccc(C(C)(C)C#N)cc2)c1O. The van der Waals surface area contributed by atoms with Gasteiger partial charge in [-0.2, -0.15) is 5.26 Å². The first kappa shape index (κ1) is 14.9. The van der Waals surface area contributed by atoms with Crippen LogP contribution in [0.1, 0.15) is 30.5 Å². The molecule has 2 aromatic rings. The Labute approximate surface area is 125 Å². The molecule has 0 aliphatic carbocycles. The Bertz CT molecular complexity index is 667. The topological polar surface area (TPSA) is 56.0 Å². The zero-order valence-electron chi connectivity index (χ0n) is 12.6. The molecule has 0 aromatic heterocycles. The molecular weight excluding hydrogens is 260 g/mol. The second kappa shape index (κ2) is 5.88. The number of benzene rings is 2. The Morgan fingerprint density at radius 3 is 2.43 bits per heavy atom. The molecule has 0 spiro atoms. The molecule has 0 amide bonds. The van der Waals surface area contributed by atoms with E-state index < -0.39 is 5.41 Å². The monoisotopic (exact) mass is 280 g/mol. The van der Waals surface area contributed by atoms with Crippen LogP contribution in [0.5, 0.6) is 5.75 Å². The molecule has 0 saturated carbocycles. The van der Waals surface area contributed by atoms with Crippen molar-refractivity contribution < 1.29 is 5.11 Å². The van der Waals surface area contributed by atoms with Crippen molar-refractivity contribution in [3.63, 3.8) is 0 Å². The van der Waals surface area contributed by atoms with Crippen LogP contribution in [0.15, 0.2) is 42.5 Å². The number of nitrogens with one attached hydrogen (secondary N) is 1. The van der Waals surface area contributed by atoms with Crippen LogP contribution < -0.4 is 5.32 Å². The van der Waals surface area contributed by atoms with Gasteiger partial charge in [0.05, 0.1) is 11.5 Å². The summed E-state index contributed by atoms with van der Waals surface area (Å²) in [7, 11) is 0. The smallest absolute Gasteiger partial charge is 0.123 e. The Hall–Kier alpha value is -2.47. The minimum atomic E-state index is -0.479. The minimum absolute atomic E-state index is 0.340. The fourth-order valence-electron chi connectivity index (χ4n) is 2.13.